The third kappa shape index (κ3) is 11.6. The number of aliphatic hydroxyl groups excluding tert-OH is 2. The van der Waals surface area contributed by atoms with Crippen LogP contribution in [0.1, 0.15) is 51.4 Å². The lowest BCUT2D eigenvalue weighted by atomic mass is 9.95. The predicted octanol–water partition coefficient (Wildman–Crippen LogP) is 3.13. The maximum Gasteiger partial charge on any atom is 0.0633 e. The van der Waals surface area contributed by atoms with Gasteiger partial charge in [-0.1, -0.05) is 70.6 Å². The summed E-state index contributed by atoms with van der Waals surface area (Å²) in [6, 6.07) is 1.45. The fourth-order valence-corrected chi connectivity index (χ4v) is 3.54. The molecule has 116 valence electrons. The van der Waals surface area contributed by atoms with E-state index in [0.717, 1.165) is 19.3 Å². The zero-order valence-corrected chi connectivity index (χ0v) is 14.2. The van der Waals surface area contributed by atoms with E-state index in [2.05, 4.69) is 19.6 Å². The van der Waals surface area contributed by atoms with Crippen LogP contribution in [0.4, 0.5) is 0 Å². The van der Waals surface area contributed by atoms with E-state index in [1.54, 1.807) is 0 Å². The van der Waals surface area contributed by atoms with Crippen molar-refractivity contribution in [3.8, 4) is 0 Å². The van der Waals surface area contributed by atoms with Crippen LogP contribution in [0.25, 0.3) is 0 Å². The molecule has 0 amide bonds. The fraction of sp³-hybridized carbons (Fsp3) is 1.00. The summed E-state index contributed by atoms with van der Waals surface area (Å²) in [5, 5.41) is 18.1. The first kappa shape index (κ1) is 19.1. The molecule has 0 radical (unpaired) electrons. The minimum absolute atomic E-state index is 0.125. The summed E-state index contributed by atoms with van der Waals surface area (Å²) in [6.07, 6.45) is 9.56. The zero-order chi connectivity index (χ0) is 14.8. The summed E-state index contributed by atoms with van der Waals surface area (Å²) in [7, 11) is -0.829. The van der Waals surface area contributed by atoms with E-state index < -0.39 is 13.6 Å². The number of nitrogens with two attached hydrogens (primary N) is 1. The van der Waals surface area contributed by atoms with Crippen LogP contribution in [0.2, 0.25) is 25.7 Å². The molecule has 0 spiro atoms. The van der Waals surface area contributed by atoms with Crippen molar-refractivity contribution in [1.29, 1.82) is 0 Å². The van der Waals surface area contributed by atoms with Crippen molar-refractivity contribution >= 4 is 8.07 Å². The lowest BCUT2D eigenvalue weighted by Crippen LogP contribution is -2.47. The molecule has 0 heterocycles. The molecular formula is C15H35NO2Si. The Balaban J connectivity index is 3.32. The minimum atomic E-state index is -0.829. The number of hydrogen-bond acceptors (Lipinski definition) is 3. The molecule has 4 N–H and O–H groups in total. The Morgan fingerprint density at radius 2 is 1.21 bits per heavy atom. The standard InChI is InChI=1S/C15H35NO2Si/c1-19(2,3)12-10-8-6-4-5-7-9-11-15(16,13-17)14-18/h17-18H,4-14,16H2,1-3H3. The first-order valence-corrected chi connectivity index (χ1v) is 11.5. The normalized spacial score (nSPS) is 12.9. The monoisotopic (exact) mass is 289 g/mol. The third-order valence-electron chi connectivity index (χ3n) is 3.73. The molecule has 0 unspecified atom stereocenters. The van der Waals surface area contributed by atoms with Crippen molar-refractivity contribution in [3.63, 3.8) is 0 Å². The topological polar surface area (TPSA) is 66.5 Å². The minimum Gasteiger partial charge on any atom is -0.394 e. The van der Waals surface area contributed by atoms with Gasteiger partial charge in [-0.25, -0.2) is 0 Å². The lowest BCUT2D eigenvalue weighted by Gasteiger charge is -2.24. The highest BCUT2D eigenvalue weighted by Crippen LogP contribution is 2.17. The maximum absolute atomic E-state index is 9.07. The Morgan fingerprint density at radius 3 is 1.63 bits per heavy atom. The van der Waals surface area contributed by atoms with Gasteiger partial charge in [-0.2, -0.15) is 0 Å². The molecule has 0 fully saturated rings. The van der Waals surface area contributed by atoms with Crippen LogP contribution in [0.15, 0.2) is 0 Å². The van der Waals surface area contributed by atoms with Crippen molar-refractivity contribution in [2.45, 2.75) is 82.6 Å². The molecule has 0 aromatic rings. The number of hydrogen-bond donors (Lipinski definition) is 3. The van der Waals surface area contributed by atoms with E-state index in [-0.39, 0.29) is 13.2 Å². The Labute approximate surface area is 120 Å². The molecule has 0 aromatic carbocycles. The molecular weight excluding hydrogens is 254 g/mol. The molecule has 0 saturated heterocycles. The molecule has 0 aliphatic heterocycles. The van der Waals surface area contributed by atoms with Crippen molar-refractivity contribution in [3.05, 3.63) is 0 Å². The average molecular weight is 290 g/mol. The Kier molecular flexibility index (Phi) is 9.97. The summed E-state index contributed by atoms with van der Waals surface area (Å²) >= 11 is 0. The van der Waals surface area contributed by atoms with E-state index in [4.69, 9.17) is 15.9 Å². The Hall–Kier alpha value is 0.0969. The molecule has 19 heavy (non-hydrogen) atoms. The third-order valence-corrected chi connectivity index (χ3v) is 5.58. The van der Waals surface area contributed by atoms with Crippen LogP contribution in [-0.2, 0) is 0 Å². The number of aliphatic hydroxyl groups is 2. The second-order valence-electron chi connectivity index (χ2n) is 7.21. The van der Waals surface area contributed by atoms with Crippen LogP contribution in [0, 0.1) is 0 Å². The van der Waals surface area contributed by atoms with Crippen molar-refractivity contribution in [2.75, 3.05) is 13.2 Å². The second-order valence-corrected chi connectivity index (χ2v) is 12.8. The van der Waals surface area contributed by atoms with Crippen LogP contribution in [-0.4, -0.2) is 37.0 Å². The Morgan fingerprint density at radius 1 is 0.789 bits per heavy atom. The SMILES string of the molecule is C[Si](C)(C)CCCCCCCCCC(N)(CO)CO. The highest BCUT2D eigenvalue weighted by Gasteiger charge is 2.21. The van der Waals surface area contributed by atoms with Gasteiger partial charge in [-0.05, 0) is 6.42 Å². The summed E-state index contributed by atoms with van der Waals surface area (Å²) in [5.74, 6) is 0. The smallest absolute Gasteiger partial charge is 0.0633 e. The summed E-state index contributed by atoms with van der Waals surface area (Å²) in [5.41, 5.74) is 5.06. The molecule has 4 heteroatoms. The molecule has 0 aromatic heterocycles. The van der Waals surface area contributed by atoms with Crippen LogP contribution >= 0.6 is 0 Å². The lowest BCUT2D eigenvalue weighted by molar-refractivity contribution is 0.112. The van der Waals surface area contributed by atoms with Gasteiger partial charge in [0.25, 0.3) is 0 Å². The summed E-state index contributed by atoms with van der Waals surface area (Å²) in [6.45, 7) is 7.07. The van der Waals surface area contributed by atoms with Gasteiger partial charge in [0.1, 0.15) is 0 Å². The van der Waals surface area contributed by atoms with Gasteiger partial charge in [0.2, 0.25) is 0 Å². The van der Waals surface area contributed by atoms with E-state index in [0.29, 0.717) is 0 Å². The predicted molar refractivity (Wildman–Crippen MR) is 86.2 cm³/mol. The first-order valence-electron chi connectivity index (χ1n) is 7.84. The van der Waals surface area contributed by atoms with Gasteiger partial charge in [-0.15, -0.1) is 0 Å². The van der Waals surface area contributed by atoms with Crippen LogP contribution in [0.3, 0.4) is 0 Å². The Bertz CT molecular complexity index is 213. The molecule has 0 bridgehead atoms. The highest BCUT2D eigenvalue weighted by atomic mass is 28.3. The van der Waals surface area contributed by atoms with Gasteiger partial charge in [-0.3, -0.25) is 0 Å². The van der Waals surface area contributed by atoms with E-state index >= 15 is 0 Å². The van der Waals surface area contributed by atoms with Crippen molar-refractivity contribution < 1.29 is 10.2 Å². The van der Waals surface area contributed by atoms with Crippen molar-refractivity contribution in [1.82, 2.24) is 0 Å². The molecule has 0 aliphatic carbocycles. The molecule has 0 atom stereocenters. The maximum atomic E-state index is 9.07. The van der Waals surface area contributed by atoms with E-state index in [1.807, 2.05) is 0 Å². The molecule has 0 rings (SSSR count). The molecule has 0 aliphatic rings. The van der Waals surface area contributed by atoms with Gasteiger partial charge in [0, 0.05) is 8.07 Å². The number of rotatable bonds is 12. The summed E-state index contributed by atoms with van der Waals surface area (Å²) < 4.78 is 0. The van der Waals surface area contributed by atoms with Crippen molar-refractivity contribution in [2.24, 2.45) is 5.73 Å². The number of unbranched alkanes of at least 4 members (excludes halogenated alkanes) is 6. The first-order chi connectivity index (χ1) is 8.83. The van der Waals surface area contributed by atoms with Crippen LogP contribution in [0.5, 0.6) is 0 Å². The summed E-state index contributed by atoms with van der Waals surface area (Å²) in [4.78, 5) is 0. The highest BCUT2D eigenvalue weighted by molar-refractivity contribution is 6.76. The average Bonchev–Trinajstić information content (AvgIpc) is 2.35. The van der Waals surface area contributed by atoms with E-state index in [9.17, 15) is 0 Å². The zero-order valence-electron chi connectivity index (χ0n) is 13.2. The molecule has 0 saturated carbocycles. The van der Waals surface area contributed by atoms with Crippen LogP contribution < -0.4 is 5.73 Å². The fourth-order valence-electron chi connectivity index (χ4n) is 2.22. The molecule has 3 nitrogen and oxygen atoms in total. The largest absolute Gasteiger partial charge is 0.394 e. The van der Waals surface area contributed by atoms with E-state index in [1.165, 1.54) is 38.1 Å². The van der Waals surface area contributed by atoms with Gasteiger partial charge >= 0.3 is 0 Å². The van der Waals surface area contributed by atoms with Gasteiger partial charge in [0.05, 0.1) is 18.8 Å². The van der Waals surface area contributed by atoms with Gasteiger partial charge in [0.15, 0.2) is 0 Å². The quantitative estimate of drug-likeness (QED) is 0.382. The van der Waals surface area contributed by atoms with Gasteiger partial charge < -0.3 is 15.9 Å². The second kappa shape index (κ2) is 9.92.